The minimum Gasteiger partial charge on any atom is -0.311 e. The van der Waals surface area contributed by atoms with Crippen LogP contribution in [0.5, 0.6) is 0 Å². The van der Waals surface area contributed by atoms with E-state index in [1.54, 1.807) is 0 Å². The van der Waals surface area contributed by atoms with Gasteiger partial charge in [-0.1, -0.05) is 253 Å². The van der Waals surface area contributed by atoms with Crippen molar-refractivity contribution in [3.05, 3.63) is 336 Å². The summed E-state index contributed by atoms with van der Waals surface area (Å²) in [6, 6.07) is 114. The molecule has 14 aromatic carbocycles. The molecule has 7 heteroatoms. The molecule has 0 amide bonds. The van der Waals surface area contributed by atoms with Crippen LogP contribution in [0.2, 0.25) is 0 Å². The van der Waals surface area contributed by atoms with Crippen molar-refractivity contribution in [3.8, 4) is 50.8 Å². The van der Waals surface area contributed by atoms with E-state index in [-0.39, 0.29) is 28.4 Å². The van der Waals surface area contributed by atoms with E-state index in [2.05, 4.69) is 418 Å². The van der Waals surface area contributed by atoms with E-state index in [1.807, 2.05) is 6.07 Å². The number of para-hydroxylation sites is 4. The molecule has 0 aliphatic carbocycles. The van der Waals surface area contributed by atoms with Gasteiger partial charge in [-0.2, -0.15) is 5.26 Å². The molecule has 2 aliphatic heterocycles. The number of hydrogen-bond acceptors (Lipinski definition) is 4. The highest BCUT2D eigenvalue weighted by molar-refractivity contribution is 7.00. The summed E-state index contributed by atoms with van der Waals surface area (Å²) in [5.74, 6) is 0. The minimum atomic E-state index is -0.300. The maximum absolute atomic E-state index is 11.9. The second-order valence-electron chi connectivity index (χ2n) is 34.6. The van der Waals surface area contributed by atoms with Crippen LogP contribution in [-0.2, 0) is 21.7 Å². The van der Waals surface area contributed by atoms with E-state index >= 15 is 0 Å². The van der Waals surface area contributed by atoms with Gasteiger partial charge in [0.1, 0.15) is 0 Å². The second kappa shape index (κ2) is 25.9. The van der Waals surface area contributed by atoms with Gasteiger partial charge in [0, 0.05) is 89.4 Å². The van der Waals surface area contributed by atoms with Crippen molar-refractivity contribution < 1.29 is 0 Å². The van der Waals surface area contributed by atoms with Gasteiger partial charge in [-0.25, -0.2) is 0 Å². The van der Waals surface area contributed by atoms with Crippen LogP contribution in [0.1, 0.15) is 122 Å². The zero-order valence-electron chi connectivity index (χ0n) is 65.6. The Balaban J connectivity index is 0.989. The summed E-state index contributed by atoms with van der Waals surface area (Å²) in [4.78, 5) is 7.55. The van der Waals surface area contributed by atoms with Crippen molar-refractivity contribution in [2.45, 2.75) is 119 Å². The molecule has 6 nitrogen and oxygen atoms in total. The third kappa shape index (κ3) is 11.5. The monoisotopic (exact) mass is 1420 g/mol. The van der Waals surface area contributed by atoms with Crippen LogP contribution in [0.25, 0.3) is 88.4 Å². The molecule has 110 heavy (non-hydrogen) atoms. The Labute approximate surface area is 648 Å². The summed E-state index contributed by atoms with van der Waals surface area (Å²) in [6.45, 7) is 31.9. The number of benzene rings is 14. The van der Waals surface area contributed by atoms with Gasteiger partial charge in [0.2, 0.25) is 0 Å². The molecule has 0 fully saturated rings. The van der Waals surface area contributed by atoms with Gasteiger partial charge in [0.05, 0.1) is 45.1 Å². The van der Waals surface area contributed by atoms with Gasteiger partial charge in [0.15, 0.2) is 0 Å². The van der Waals surface area contributed by atoms with Gasteiger partial charge in [-0.15, -0.1) is 0 Å². The van der Waals surface area contributed by atoms with Crippen molar-refractivity contribution >= 4 is 118 Å². The van der Waals surface area contributed by atoms with E-state index in [9.17, 15) is 5.26 Å². The Morgan fingerprint density at radius 3 is 1.05 bits per heavy atom. The molecular weight excluding hydrogens is 1330 g/mol. The quantitative estimate of drug-likeness (QED) is 0.128. The molecule has 0 spiro atoms. The Morgan fingerprint density at radius 1 is 0.309 bits per heavy atom. The fraction of sp³-hybridized carbons (Fsp3) is 0.175. The largest absolute Gasteiger partial charge is 0.311 e. The molecule has 4 heterocycles. The summed E-state index contributed by atoms with van der Waals surface area (Å²) in [6.07, 6.45) is 0. The van der Waals surface area contributed by atoms with Crippen LogP contribution in [0.3, 0.4) is 0 Å². The van der Waals surface area contributed by atoms with Crippen molar-refractivity contribution in [1.29, 1.82) is 5.26 Å². The summed E-state index contributed by atoms with van der Waals surface area (Å²) in [5.41, 5.74) is 33.5. The minimum absolute atomic E-state index is 0.0730. The summed E-state index contributed by atoms with van der Waals surface area (Å²) < 4.78 is 5.04. The number of rotatable bonds is 10. The predicted octanol–water partition coefficient (Wildman–Crippen LogP) is 26.1. The van der Waals surface area contributed by atoms with Gasteiger partial charge in [0.25, 0.3) is 6.71 Å². The fourth-order valence-electron chi connectivity index (χ4n) is 17.5. The van der Waals surface area contributed by atoms with E-state index in [1.165, 1.54) is 60.2 Å². The van der Waals surface area contributed by atoms with Gasteiger partial charge in [-0.3, -0.25) is 0 Å². The number of hydrogen-bond donors (Lipinski definition) is 0. The van der Waals surface area contributed by atoms with Crippen molar-refractivity contribution in [1.82, 2.24) is 9.13 Å². The van der Waals surface area contributed by atoms with Gasteiger partial charge >= 0.3 is 0 Å². The van der Waals surface area contributed by atoms with E-state index in [4.69, 9.17) is 0 Å². The highest BCUT2D eigenvalue weighted by Crippen LogP contribution is 2.53. The molecule has 2 aliphatic rings. The van der Waals surface area contributed by atoms with E-state index in [0.29, 0.717) is 5.56 Å². The second-order valence-corrected chi connectivity index (χ2v) is 34.6. The highest BCUT2D eigenvalue weighted by atomic mass is 15.2. The molecule has 18 rings (SSSR count). The lowest BCUT2D eigenvalue weighted by Crippen LogP contribution is -2.61. The molecule has 536 valence electrons. The van der Waals surface area contributed by atoms with Crippen molar-refractivity contribution in [2.75, 3.05) is 14.7 Å². The summed E-state index contributed by atoms with van der Waals surface area (Å²) >= 11 is 0. The van der Waals surface area contributed by atoms with Gasteiger partial charge in [-0.05, 0) is 229 Å². The Bertz CT molecular complexity index is 5960. The number of aryl methyl sites for hydroxylation is 2. The molecule has 2 aromatic heterocycles. The van der Waals surface area contributed by atoms with Crippen LogP contribution in [0.15, 0.2) is 297 Å². The molecular formula is C103H91BN6. The predicted molar refractivity (Wildman–Crippen MR) is 469 cm³/mol. The third-order valence-corrected chi connectivity index (χ3v) is 23.4. The lowest BCUT2D eigenvalue weighted by atomic mass is 9.33. The normalized spacial score (nSPS) is 12.9. The zero-order chi connectivity index (χ0) is 76.0. The van der Waals surface area contributed by atoms with Crippen LogP contribution < -0.4 is 31.1 Å². The first-order chi connectivity index (χ1) is 52.9. The SMILES string of the molecule is Cc1ccccc1N(c1ccc(C#N)c(-c2cc3c4c(c2)N(c2ccccc2-c2ccccc2)c2cc(-n5c6ccc(C(C)(C)C)cc6c6cc(C(C)(C)C)ccc65)ccc2B4c2ccc(-n4c5ccc(C(C)(C)C)cc5c5cc(C(C)(C)C)ccc54)cc2N3c2ccccc2-c2ccccc2)c1)c1ccccc1C. The molecule has 0 N–H and O–H groups in total. The average Bonchev–Trinajstić information content (AvgIpc) is 0.745. The third-order valence-electron chi connectivity index (χ3n) is 23.4. The Morgan fingerprint density at radius 2 is 0.673 bits per heavy atom. The first-order valence-corrected chi connectivity index (χ1v) is 38.9. The first kappa shape index (κ1) is 69.4. The standard InChI is InChI=1S/C103H91BN6/c1-65-29-21-25-37-87(65)106(88-38-26-22-30-66(88)2)75-46-41-69(64-105)80(61-75)70-55-97-99-98(56-70)110(90-40-28-24-36-79(90)68-33-19-16-20-34-68)96-63-77(108-93-53-44-73(102(9,10)11)59-83(93)84-60-74(103(12,13)14)45-54-94(84)108)48-50-86(96)104(99)85-49-47-76(62-95(85)109(97)89-39-27-23-35-78(89)67-31-17-15-18-32-67)107-91-51-42-71(100(3,4)5)57-81(91)82-58-72(101(6,7)8)43-52-92(82)107/h15-63H,1-14H3. The first-order valence-electron chi connectivity index (χ1n) is 38.9. The lowest BCUT2D eigenvalue weighted by molar-refractivity contribution is 0.590. The Kier molecular flexibility index (Phi) is 16.4. The smallest absolute Gasteiger partial charge is 0.252 e. The number of fused-ring (bicyclic) bond motifs is 10. The molecule has 0 saturated carbocycles. The fourth-order valence-corrected chi connectivity index (χ4v) is 17.5. The van der Waals surface area contributed by atoms with Crippen molar-refractivity contribution in [3.63, 3.8) is 0 Å². The van der Waals surface area contributed by atoms with Crippen LogP contribution >= 0.6 is 0 Å². The number of anilines is 9. The van der Waals surface area contributed by atoms with Crippen molar-refractivity contribution in [2.24, 2.45) is 0 Å². The summed E-state index contributed by atoms with van der Waals surface area (Å²) in [7, 11) is 0. The van der Waals surface area contributed by atoms with Crippen LogP contribution in [-0.4, -0.2) is 15.8 Å². The Hall–Kier alpha value is -12.4. The van der Waals surface area contributed by atoms with Crippen LogP contribution in [0, 0.1) is 25.2 Å². The van der Waals surface area contributed by atoms with Crippen LogP contribution in [0.4, 0.5) is 51.2 Å². The number of aromatic nitrogens is 2. The van der Waals surface area contributed by atoms with Gasteiger partial charge < -0.3 is 23.8 Å². The molecule has 16 aromatic rings. The molecule has 0 radical (unpaired) electrons. The zero-order valence-corrected chi connectivity index (χ0v) is 65.6. The van der Waals surface area contributed by atoms with E-state index in [0.717, 1.165) is 129 Å². The molecule has 0 atom stereocenters. The maximum Gasteiger partial charge on any atom is 0.252 e. The maximum atomic E-state index is 11.9. The number of nitriles is 1. The number of nitrogens with zero attached hydrogens (tertiary/aromatic N) is 6. The lowest BCUT2D eigenvalue weighted by Gasteiger charge is -2.45. The molecule has 0 bridgehead atoms. The molecule has 0 unspecified atom stereocenters. The van der Waals surface area contributed by atoms with E-state index < -0.39 is 0 Å². The average molecular weight is 1420 g/mol. The summed E-state index contributed by atoms with van der Waals surface area (Å²) in [5, 5.41) is 16.8. The molecule has 0 saturated heterocycles. The topological polar surface area (TPSA) is 43.4 Å². The highest BCUT2D eigenvalue weighted by Gasteiger charge is 2.45.